The number of nitrogens with zero attached hydrogens (tertiary/aromatic N) is 1. The molecule has 2 unspecified atom stereocenters. The van der Waals surface area contributed by atoms with Gasteiger partial charge < -0.3 is 24.6 Å². The van der Waals surface area contributed by atoms with Crippen LogP contribution >= 0.6 is 31.6 Å². The van der Waals surface area contributed by atoms with Crippen LogP contribution in [-0.4, -0.2) is 61.3 Å². The molecule has 5 N–H and O–H groups in total. The van der Waals surface area contributed by atoms with Crippen LogP contribution in [0.4, 0.5) is 0 Å². The summed E-state index contributed by atoms with van der Waals surface area (Å²) in [5, 5.41) is 34.9. The monoisotopic (exact) mass is 579 g/mol. The lowest BCUT2D eigenvalue weighted by Crippen LogP contribution is -2.48. The van der Waals surface area contributed by atoms with Gasteiger partial charge in [-0.1, -0.05) is 11.6 Å². The summed E-state index contributed by atoms with van der Waals surface area (Å²) in [6, 6.07) is 5.90. The molecule has 0 spiro atoms. The lowest BCUT2D eigenvalue weighted by Gasteiger charge is -2.34. The van der Waals surface area contributed by atoms with E-state index in [4.69, 9.17) is 37.6 Å². The molecule has 0 saturated carbocycles. The molecule has 15 heteroatoms. The summed E-state index contributed by atoms with van der Waals surface area (Å²) in [4.78, 5) is 25.9. The molecule has 2 rings (SSSR count). The summed E-state index contributed by atoms with van der Waals surface area (Å²) >= 11 is 10.9. The fourth-order valence-electron chi connectivity index (χ4n) is 3.00. The van der Waals surface area contributed by atoms with E-state index in [1.165, 1.54) is 37.4 Å². The quantitative estimate of drug-likeness (QED) is 0.134. The summed E-state index contributed by atoms with van der Waals surface area (Å²) in [6.45, 7) is 5.46. The van der Waals surface area contributed by atoms with Crippen molar-refractivity contribution in [3.05, 3.63) is 56.7 Å². The smallest absolute Gasteiger partial charge is 0.459 e. The van der Waals surface area contributed by atoms with E-state index in [-0.39, 0.29) is 16.9 Å². The van der Waals surface area contributed by atoms with E-state index in [1.54, 1.807) is 13.8 Å². The van der Waals surface area contributed by atoms with Crippen LogP contribution in [0.5, 0.6) is 5.75 Å². The SMILES string of the molecule is CC(C)OC(=O)[C@H](C)NP(=O)(OCCC(O)[C@@](C)(O)[C@@H](O)n1ccc(=O)[nH]c1=S)Oc1ccc(Cl)cc1. The van der Waals surface area contributed by atoms with Gasteiger partial charge in [0.1, 0.15) is 17.4 Å². The maximum Gasteiger partial charge on any atom is 0.459 e. The Morgan fingerprint density at radius 2 is 1.86 bits per heavy atom. The zero-order valence-corrected chi connectivity index (χ0v) is 23.1. The summed E-state index contributed by atoms with van der Waals surface area (Å²) in [5.41, 5.74) is -2.67. The first-order valence-electron chi connectivity index (χ1n) is 11.2. The first-order chi connectivity index (χ1) is 17.1. The molecule has 2 aromatic rings. The lowest BCUT2D eigenvalue weighted by molar-refractivity contribution is -0.167. The minimum Gasteiger partial charge on any atom is -0.462 e. The Hall–Kier alpha value is -2.09. The Bertz CT molecular complexity index is 1220. The second kappa shape index (κ2) is 13.1. The van der Waals surface area contributed by atoms with E-state index in [0.29, 0.717) is 5.02 Å². The van der Waals surface area contributed by atoms with Crippen molar-refractivity contribution in [1.82, 2.24) is 14.6 Å². The third-order valence-corrected chi connectivity index (χ3v) is 7.30. The molecule has 0 radical (unpaired) electrons. The van der Waals surface area contributed by atoms with Crippen LogP contribution < -0.4 is 15.2 Å². The number of aromatic nitrogens is 2. The Morgan fingerprint density at radius 1 is 1.24 bits per heavy atom. The molecule has 0 fully saturated rings. The van der Waals surface area contributed by atoms with Gasteiger partial charge in [-0.2, -0.15) is 5.09 Å². The van der Waals surface area contributed by atoms with E-state index in [9.17, 15) is 29.5 Å². The predicted molar refractivity (Wildman–Crippen MR) is 138 cm³/mol. The van der Waals surface area contributed by atoms with E-state index < -0.39 is 56.0 Å². The summed E-state index contributed by atoms with van der Waals surface area (Å²) in [5.74, 6) is -0.567. The van der Waals surface area contributed by atoms with Crippen molar-refractivity contribution < 1.29 is 38.5 Å². The van der Waals surface area contributed by atoms with E-state index in [2.05, 4.69) is 10.1 Å². The average Bonchev–Trinajstić information content (AvgIpc) is 2.79. The van der Waals surface area contributed by atoms with Gasteiger partial charge in [0.15, 0.2) is 11.0 Å². The van der Waals surface area contributed by atoms with Crippen molar-refractivity contribution in [3.8, 4) is 5.75 Å². The Kier molecular flexibility index (Phi) is 11.0. The van der Waals surface area contributed by atoms with Crippen LogP contribution in [0.15, 0.2) is 41.3 Å². The minimum atomic E-state index is -4.22. The maximum atomic E-state index is 13.5. The topological polar surface area (TPSA) is 172 Å². The Labute approximate surface area is 223 Å². The lowest BCUT2D eigenvalue weighted by atomic mass is 9.94. The molecule has 0 saturated heterocycles. The number of ether oxygens (including phenoxy) is 1. The number of halogens is 1. The van der Waals surface area contributed by atoms with Gasteiger partial charge in [0.25, 0.3) is 5.56 Å². The van der Waals surface area contributed by atoms with E-state index in [1.807, 2.05) is 0 Å². The van der Waals surface area contributed by atoms with Gasteiger partial charge in [-0.25, -0.2) is 4.57 Å². The van der Waals surface area contributed by atoms with Crippen LogP contribution in [0.3, 0.4) is 0 Å². The normalized spacial score (nSPS) is 17.3. The molecule has 0 aliphatic heterocycles. The average molecular weight is 580 g/mol. The number of aromatic amines is 1. The van der Waals surface area contributed by atoms with Crippen molar-refractivity contribution in [2.24, 2.45) is 0 Å². The molecule has 1 aromatic carbocycles. The molecule has 0 amide bonds. The van der Waals surface area contributed by atoms with Crippen LogP contribution in [0, 0.1) is 4.77 Å². The summed E-state index contributed by atoms with van der Waals surface area (Å²) < 4.78 is 30.4. The summed E-state index contributed by atoms with van der Waals surface area (Å²) in [6.07, 6.45) is -2.91. The first-order valence-corrected chi connectivity index (χ1v) is 13.6. The number of H-pyrrole nitrogens is 1. The zero-order valence-electron chi connectivity index (χ0n) is 20.7. The standard InChI is InChI=1S/C22H31ClN3O9PS/c1-13(2)34-19(29)14(3)25-36(32,35-16-7-5-15(23)6-8-16)33-12-10-17(27)22(4,31)20(30)26-11-9-18(28)24-21(26)37/h5-9,11,13-14,17,20,27,30-31H,10,12H2,1-4H3,(H,25,32)(H,24,28,37)/t14-,17?,20+,22+,36?/m0/s1. The van der Waals surface area contributed by atoms with Crippen molar-refractivity contribution in [1.29, 1.82) is 0 Å². The number of rotatable bonds is 13. The fraction of sp³-hybridized carbons (Fsp3) is 0.500. The molecule has 1 aromatic heterocycles. The molecule has 5 atom stereocenters. The molecule has 12 nitrogen and oxygen atoms in total. The van der Waals surface area contributed by atoms with Crippen molar-refractivity contribution in [3.63, 3.8) is 0 Å². The highest BCUT2D eigenvalue weighted by Crippen LogP contribution is 2.45. The Morgan fingerprint density at radius 3 is 2.43 bits per heavy atom. The third kappa shape index (κ3) is 9.01. The number of aliphatic hydroxyl groups excluding tert-OH is 2. The number of hydrogen-bond donors (Lipinski definition) is 5. The Balaban J connectivity index is 2.14. The van der Waals surface area contributed by atoms with E-state index >= 15 is 0 Å². The van der Waals surface area contributed by atoms with Gasteiger partial charge in [-0.15, -0.1) is 0 Å². The number of hydrogen-bond acceptors (Lipinski definition) is 10. The number of carbonyl (C=O) groups excluding carboxylic acids is 1. The van der Waals surface area contributed by atoms with Crippen LogP contribution in [0.2, 0.25) is 5.02 Å². The maximum absolute atomic E-state index is 13.5. The highest BCUT2D eigenvalue weighted by atomic mass is 35.5. The van der Waals surface area contributed by atoms with Gasteiger partial charge in [0.2, 0.25) is 0 Å². The van der Waals surface area contributed by atoms with Gasteiger partial charge in [-0.05, 0) is 64.2 Å². The third-order valence-electron chi connectivity index (χ3n) is 5.06. The highest BCUT2D eigenvalue weighted by molar-refractivity contribution is 7.71. The number of esters is 1. The number of carbonyl (C=O) groups is 1. The van der Waals surface area contributed by atoms with Crippen molar-refractivity contribution in [2.45, 2.75) is 64.2 Å². The minimum absolute atomic E-state index is 0.125. The second-order valence-electron chi connectivity index (χ2n) is 8.63. The van der Waals surface area contributed by atoms with Crippen LogP contribution in [-0.2, 0) is 18.6 Å². The number of aliphatic hydroxyl groups is 3. The predicted octanol–water partition coefficient (Wildman–Crippen LogP) is 2.69. The molecule has 0 bridgehead atoms. The van der Waals surface area contributed by atoms with Crippen LogP contribution in [0.1, 0.15) is 40.3 Å². The van der Waals surface area contributed by atoms with Gasteiger partial charge >= 0.3 is 13.7 Å². The molecular weight excluding hydrogens is 549 g/mol. The number of nitrogens with one attached hydrogen (secondary N) is 2. The second-order valence-corrected chi connectivity index (χ2v) is 11.2. The first kappa shape index (κ1) is 31.1. The molecule has 0 aliphatic carbocycles. The van der Waals surface area contributed by atoms with E-state index in [0.717, 1.165) is 17.6 Å². The largest absolute Gasteiger partial charge is 0.462 e. The van der Waals surface area contributed by atoms with Crippen LogP contribution in [0.25, 0.3) is 0 Å². The van der Waals surface area contributed by atoms with Gasteiger partial charge in [0.05, 0.1) is 18.8 Å². The van der Waals surface area contributed by atoms with Gasteiger partial charge in [0, 0.05) is 23.7 Å². The van der Waals surface area contributed by atoms with Crippen molar-refractivity contribution >= 4 is 37.5 Å². The molecule has 37 heavy (non-hydrogen) atoms. The van der Waals surface area contributed by atoms with Crippen molar-refractivity contribution in [2.75, 3.05) is 6.61 Å². The molecular formula is C22H31ClN3O9PS. The molecule has 206 valence electrons. The number of benzene rings is 1. The fourth-order valence-corrected chi connectivity index (χ4v) is 4.89. The molecule has 1 heterocycles. The molecule has 0 aliphatic rings. The highest BCUT2D eigenvalue weighted by Gasteiger charge is 2.40. The van der Waals surface area contributed by atoms with Gasteiger partial charge in [-0.3, -0.25) is 23.7 Å². The zero-order chi connectivity index (χ0) is 28.0. The summed E-state index contributed by atoms with van der Waals surface area (Å²) in [7, 11) is -4.22.